The number of aromatic nitrogens is 3. The summed E-state index contributed by atoms with van der Waals surface area (Å²) in [5, 5.41) is 0.960. The molecule has 20 heavy (non-hydrogen) atoms. The van der Waals surface area contributed by atoms with Crippen LogP contribution >= 0.6 is 0 Å². The molecule has 3 rings (SSSR count). The first kappa shape index (κ1) is 12.5. The van der Waals surface area contributed by atoms with E-state index < -0.39 is 0 Å². The maximum Gasteiger partial charge on any atom is 0.256 e. The van der Waals surface area contributed by atoms with Crippen molar-refractivity contribution in [2.24, 2.45) is 0 Å². The minimum Gasteiger partial charge on any atom is -0.358 e. The van der Waals surface area contributed by atoms with Crippen LogP contribution in [0.15, 0.2) is 36.7 Å². The van der Waals surface area contributed by atoms with E-state index in [0.29, 0.717) is 6.54 Å². The number of nitrogens with one attached hydrogen (secondary N) is 2. The van der Waals surface area contributed by atoms with Gasteiger partial charge in [-0.05, 0) is 13.0 Å². The molecule has 1 aromatic carbocycles. The molecule has 0 saturated carbocycles. The molecule has 0 unspecified atom stereocenters. The number of hydrogen-bond donors (Lipinski definition) is 2. The second-order valence-electron chi connectivity index (χ2n) is 4.87. The number of benzene rings is 1. The number of para-hydroxylation sites is 1. The molecular weight excluding hydrogens is 252 g/mol. The fourth-order valence-corrected chi connectivity index (χ4v) is 2.42. The van der Waals surface area contributed by atoms with Crippen molar-refractivity contribution in [1.82, 2.24) is 19.9 Å². The fourth-order valence-electron chi connectivity index (χ4n) is 2.42. The van der Waals surface area contributed by atoms with Gasteiger partial charge in [0.1, 0.15) is 5.82 Å². The van der Waals surface area contributed by atoms with Gasteiger partial charge in [0.2, 0.25) is 0 Å². The molecule has 2 heterocycles. The number of nitrogens with zero attached hydrogens (tertiary/aromatic N) is 2. The Hall–Kier alpha value is -2.56. The Morgan fingerprint density at radius 2 is 2.15 bits per heavy atom. The highest BCUT2D eigenvalue weighted by molar-refractivity contribution is 6.07. The average molecular weight is 268 g/mol. The topological polar surface area (TPSA) is 64.8 Å². The Morgan fingerprint density at radius 1 is 1.35 bits per heavy atom. The zero-order valence-corrected chi connectivity index (χ0v) is 11.5. The summed E-state index contributed by atoms with van der Waals surface area (Å²) in [6.45, 7) is 2.39. The maximum atomic E-state index is 12.6. The van der Waals surface area contributed by atoms with Gasteiger partial charge < -0.3 is 14.9 Å². The quantitative estimate of drug-likeness (QED) is 0.766. The summed E-state index contributed by atoms with van der Waals surface area (Å²) < 4.78 is 0. The summed E-state index contributed by atoms with van der Waals surface area (Å²) in [7, 11) is 1.78. The molecule has 102 valence electrons. The highest BCUT2D eigenvalue weighted by Crippen LogP contribution is 2.23. The summed E-state index contributed by atoms with van der Waals surface area (Å²) in [5.74, 6) is 0.773. The summed E-state index contributed by atoms with van der Waals surface area (Å²) >= 11 is 0. The van der Waals surface area contributed by atoms with Crippen LogP contribution in [0.1, 0.15) is 21.9 Å². The van der Waals surface area contributed by atoms with Crippen molar-refractivity contribution in [3.05, 3.63) is 53.7 Å². The van der Waals surface area contributed by atoms with E-state index in [-0.39, 0.29) is 5.91 Å². The number of carbonyl (C=O) groups excluding carboxylic acids is 1. The van der Waals surface area contributed by atoms with Crippen molar-refractivity contribution in [2.75, 3.05) is 7.05 Å². The molecule has 0 aliphatic rings. The van der Waals surface area contributed by atoms with Crippen LogP contribution in [-0.4, -0.2) is 32.8 Å². The normalized spacial score (nSPS) is 10.9. The fraction of sp³-hybridized carbons (Fsp3) is 0.200. The number of aryl methyl sites for hydroxylation is 1. The first-order chi connectivity index (χ1) is 9.66. The number of H-pyrrole nitrogens is 2. The van der Waals surface area contributed by atoms with Gasteiger partial charge >= 0.3 is 0 Å². The Bertz CT molecular complexity index is 742. The average Bonchev–Trinajstić information content (AvgIpc) is 3.04. The van der Waals surface area contributed by atoms with Crippen LogP contribution in [0.25, 0.3) is 10.9 Å². The second-order valence-corrected chi connectivity index (χ2v) is 4.87. The molecule has 5 nitrogen and oxygen atoms in total. The molecular formula is C15H16N4O. The van der Waals surface area contributed by atoms with E-state index in [4.69, 9.17) is 0 Å². The minimum absolute atomic E-state index is 0.00338. The third kappa shape index (κ3) is 2.07. The molecule has 2 N–H and O–H groups in total. The number of imidazole rings is 1. The van der Waals surface area contributed by atoms with Gasteiger partial charge in [-0.15, -0.1) is 0 Å². The molecule has 0 saturated heterocycles. The number of amides is 1. The molecule has 0 fully saturated rings. The lowest BCUT2D eigenvalue weighted by Gasteiger charge is -2.16. The van der Waals surface area contributed by atoms with E-state index in [1.54, 1.807) is 24.3 Å². The molecule has 0 spiro atoms. The second kappa shape index (κ2) is 4.85. The molecule has 0 aliphatic heterocycles. The molecule has 5 heteroatoms. The largest absolute Gasteiger partial charge is 0.358 e. The van der Waals surface area contributed by atoms with Gasteiger partial charge in [-0.25, -0.2) is 4.98 Å². The predicted molar refractivity (Wildman–Crippen MR) is 77.4 cm³/mol. The molecule has 2 aromatic heterocycles. The van der Waals surface area contributed by atoms with Gasteiger partial charge in [-0.1, -0.05) is 18.2 Å². The van der Waals surface area contributed by atoms with Crippen molar-refractivity contribution in [3.63, 3.8) is 0 Å². The van der Waals surface area contributed by atoms with Crippen LogP contribution in [0, 0.1) is 6.92 Å². The van der Waals surface area contributed by atoms with Crippen LogP contribution in [0.2, 0.25) is 0 Å². The third-order valence-corrected chi connectivity index (χ3v) is 3.40. The minimum atomic E-state index is -0.00338. The van der Waals surface area contributed by atoms with Gasteiger partial charge in [-0.3, -0.25) is 4.79 Å². The summed E-state index contributed by atoms with van der Waals surface area (Å²) in [5.41, 5.74) is 2.61. The SMILES string of the molecule is Cc1[nH]c2ccccc2c1C(=O)N(C)Cc1ncc[nH]1. The predicted octanol–water partition coefficient (Wildman–Crippen LogP) is 2.47. The maximum absolute atomic E-state index is 12.6. The Labute approximate surface area is 116 Å². The first-order valence-corrected chi connectivity index (χ1v) is 6.48. The van der Waals surface area contributed by atoms with Crippen LogP contribution in [-0.2, 0) is 6.54 Å². The van der Waals surface area contributed by atoms with Gasteiger partial charge in [0.15, 0.2) is 0 Å². The zero-order chi connectivity index (χ0) is 14.1. The van der Waals surface area contributed by atoms with E-state index >= 15 is 0 Å². The van der Waals surface area contributed by atoms with Gasteiger partial charge in [0.05, 0.1) is 12.1 Å². The first-order valence-electron chi connectivity index (χ1n) is 6.48. The molecule has 1 amide bonds. The van der Waals surface area contributed by atoms with Crippen LogP contribution in [0.3, 0.4) is 0 Å². The standard InChI is InChI=1S/C15H16N4O/c1-10-14(11-5-3-4-6-12(11)18-10)15(20)19(2)9-13-16-7-8-17-13/h3-8,18H,9H2,1-2H3,(H,16,17). The zero-order valence-electron chi connectivity index (χ0n) is 11.5. The van der Waals surface area contributed by atoms with Crippen molar-refractivity contribution in [1.29, 1.82) is 0 Å². The van der Waals surface area contributed by atoms with Crippen molar-refractivity contribution >= 4 is 16.8 Å². The summed E-state index contributed by atoms with van der Waals surface area (Å²) in [6.07, 6.45) is 3.44. The van der Waals surface area contributed by atoms with Crippen LogP contribution in [0.5, 0.6) is 0 Å². The Kier molecular flexibility index (Phi) is 3.02. The lowest BCUT2D eigenvalue weighted by molar-refractivity contribution is 0.0783. The Balaban J connectivity index is 1.94. The molecule has 0 aliphatic carbocycles. The van der Waals surface area contributed by atoms with E-state index in [9.17, 15) is 4.79 Å². The Morgan fingerprint density at radius 3 is 2.90 bits per heavy atom. The smallest absolute Gasteiger partial charge is 0.256 e. The highest BCUT2D eigenvalue weighted by Gasteiger charge is 2.19. The summed E-state index contributed by atoms with van der Waals surface area (Å²) in [4.78, 5) is 24.7. The highest BCUT2D eigenvalue weighted by atomic mass is 16.2. The third-order valence-electron chi connectivity index (χ3n) is 3.40. The number of hydrogen-bond acceptors (Lipinski definition) is 2. The molecule has 0 atom stereocenters. The number of aromatic amines is 2. The van der Waals surface area contributed by atoms with Crippen molar-refractivity contribution in [2.45, 2.75) is 13.5 Å². The van der Waals surface area contributed by atoms with Crippen LogP contribution in [0.4, 0.5) is 0 Å². The summed E-state index contributed by atoms with van der Waals surface area (Å²) in [6, 6.07) is 7.84. The monoisotopic (exact) mass is 268 g/mol. The molecule has 0 bridgehead atoms. The van der Waals surface area contributed by atoms with E-state index in [1.807, 2.05) is 31.2 Å². The van der Waals surface area contributed by atoms with Crippen molar-refractivity contribution in [3.8, 4) is 0 Å². The van der Waals surface area contributed by atoms with Crippen molar-refractivity contribution < 1.29 is 4.79 Å². The molecule has 3 aromatic rings. The van der Waals surface area contributed by atoms with E-state index in [1.165, 1.54) is 0 Å². The number of carbonyl (C=O) groups is 1. The van der Waals surface area contributed by atoms with Crippen LogP contribution < -0.4 is 0 Å². The van der Waals surface area contributed by atoms with Gasteiger partial charge in [-0.2, -0.15) is 0 Å². The van der Waals surface area contributed by atoms with E-state index in [2.05, 4.69) is 15.0 Å². The lowest BCUT2D eigenvalue weighted by Crippen LogP contribution is -2.27. The number of rotatable bonds is 3. The molecule has 0 radical (unpaired) electrons. The van der Waals surface area contributed by atoms with E-state index in [0.717, 1.165) is 28.0 Å². The van der Waals surface area contributed by atoms with Gasteiger partial charge in [0.25, 0.3) is 5.91 Å². The lowest BCUT2D eigenvalue weighted by atomic mass is 10.1. The van der Waals surface area contributed by atoms with Gasteiger partial charge in [0, 0.05) is 36.0 Å². The number of fused-ring (bicyclic) bond motifs is 1.